The van der Waals surface area contributed by atoms with E-state index in [1.54, 1.807) is 0 Å². The maximum Gasteiger partial charge on any atom is 0.0363 e. The van der Waals surface area contributed by atoms with Gasteiger partial charge in [-0.15, -0.1) is 0 Å². The highest BCUT2D eigenvalue weighted by atomic mass is 32.1. The van der Waals surface area contributed by atoms with Crippen LogP contribution < -0.4 is 4.90 Å². The van der Waals surface area contributed by atoms with E-state index in [1.807, 2.05) is 0 Å². The van der Waals surface area contributed by atoms with E-state index in [0.29, 0.717) is 5.92 Å². The summed E-state index contributed by atoms with van der Waals surface area (Å²) in [6.45, 7) is 5.51. The lowest BCUT2D eigenvalue weighted by Gasteiger charge is -2.24. The maximum atomic E-state index is 4.39. The molecule has 0 spiro atoms. The lowest BCUT2D eigenvalue weighted by atomic mass is 10.1. The Bertz CT molecular complexity index is 290. The lowest BCUT2D eigenvalue weighted by Crippen LogP contribution is -2.25. The number of hydrogen-bond donors (Lipinski definition) is 1. The second-order valence-corrected chi connectivity index (χ2v) is 4.72. The van der Waals surface area contributed by atoms with Gasteiger partial charge in [-0.3, -0.25) is 0 Å². The summed E-state index contributed by atoms with van der Waals surface area (Å²) in [7, 11) is 2.16. The molecule has 0 heterocycles. The van der Waals surface area contributed by atoms with Gasteiger partial charge < -0.3 is 4.90 Å². The van der Waals surface area contributed by atoms with Crippen LogP contribution in [0.1, 0.15) is 25.8 Å². The summed E-state index contributed by atoms with van der Waals surface area (Å²) in [5.74, 6) is 1.65. The van der Waals surface area contributed by atoms with E-state index in [1.165, 1.54) is 17.7 Å². The fourth-order valence-electron chi connectivity index (χ4n) is 1.79. The first-order valence-corrected chi connectivity index (χ1v) is 6.75. The third-order valence-corrected chi connectivity index (χ3v) is 3.67. The average molecular weight is 237 g/mol. The standard InChI is InChI=1S/C14H23NS/c1-4-12-6-8-14(9-7-12)15(3)10-13(5-2)11-16/h6-9,13,16H,4-5,10-11H2,1-3H3. The SMILES string of the molecule is CCc1ccc(N(C)CC(CC)CS)cc1. The Labute approximate surface area is 105 Å². The molecule has 0 fully saturated rings. The van der Waals surface area contributed by atoms with Crippen LogP contribution in [0.3, 0.4) is 0 Å². The largest absolute Gasteiger partial charge is 0.374 e. The zero-order valence-corrected chi connectivity index (χ0v) is 11.5. The minimum atomic E-state index is 0.680. The van der Waals surface area contributed by atoms with Gasteiger partial charge in [-0.2, -0.15) is 12.6 Å². The van der Waals surface area contributed by atoms with Crippen LogP contribution in [0, 0.1) is 5.92 Å². The molecule has 0 N–H and O–H groups in total. The molecule has 0 aliphatic heterocycles. The summed E-state index contributed by atoms with van der Waals surface area (Å²) in [5, 5.41) is 0. The summed E-state index contributed by atoms with van der Waals surface area (Å²) >= 11 is 4.39. The molecular formula is C14H23NS. The molecule has 1 atom stereocenters. The Kier molecular flexibility index (Phi) is 5.75. The average Bonchev–Trinajstić information content (AvgIpc) is 2.35. The van der Waals surface area contributed by atoms with E-state index in [4.69, 9.17) is 0 Å². The van der Waals surface area contributed by atoms with Crippen molar-refractivity contribution in [3.8, 4) is 0 Å². The molecule has 1 aromatic rings. The zero-order valence-electron chi connectivity index (χ0n) is 10.6. The molecule has 1 rings (SSSR count). The van der Waals surface area contributed by atoms with Crippen LogP contribution in [0.2, 0.25) is 0 Å². The Morgan fingerprint density at radius 2 is 1.81 bits per heavy atom. The molecule has 2 heteroatoms. The first kappa shape index (κ1) is 13.4. The minimum Gasteiger partial charge on any atom is -0.374 e. The second-order valence-electron chi connectivity index (χ2n) is 4.36. The van der Waals surface area contributed by atoms with Crippen LogP contribution in [0.15, 0.2) is 24.3 Å². The maximum absolute atomic E-state index is 4.39. The highest BCUT2D eigenvalue weighted by Gasteiger charge is 2.08. The van der Waals surface area contributed by atoms with Crippen LogP contribution in [0.25, 0.3) is 0 Å². The Morgan fingerprint density at radius 1 is 1.19 bits per heavy atom. The fourth-order valence-corrected chi connectivity index (χ4v) is 2.17. The Morgan fingerprint density at radius 3 is 2.25 bits per heavy atom. The van der Waals surface area contributed by atoms with Gasteiger partial charge in [0.1, 0.15) is 0 Å². The lowest BCUT2D eigenvalue weighted by molar-refractivity contribution is 0.570. The van der Waals surface area contributed by atoms with E-state index in [2.05, 4.69) is 62.7 Å². The number of hydrogen-bond acceptors (Lipinski definition) is 2. The van der Waals surface area contributed by atoms with Gasteiger partial charge in [0.05, 0.1) is 0 Å². The normalized spacial score (nSPS) is 12.5. The van der Waals surface area contributed by atoms with Crippen molar-refractivity contribution in [3.63, 3.8) is 0 Å². The molecule has 0 aliphatic carbocycles. The smallest absolute Gasteiger partial charge is 0.0363 e. The molecule has 0 saturated heterocycles. The fraction of sp³-hybridized carbons (Fsp3) is 0.571. The molecule has 1 nitrogen and oxygen atoms in total. The molecular weight excluding hydrogens is 214 g/mol. The highest BCUT2D eigenvalue weighted by Crippen LogP contribution is 2.17. The Balaban J connectivity index is 2.61. The monoisotopic (exact) mass is 237 g/mol. The van der Waals surface area contributed by atoms with Crippen molar-refractivity contribution in [2.45, 2.75) is 26.7 Å². The predicted octanol–water partition coefficient (Wildman–Crippen LogP) is 3.64. The van der Waals surface area contributed by atoms with E-state index >= 15 is 0 Å². The number of aryl methyl sites for hydroxylation is 1. The van der Waals surface area contributed by atoms with Crippen LogP contribution in [-0.4, -0.2) is 19.3 Å². The zero-order chi connectivity index (χ0) is 12.0. The second kappa shape index (κ2) is 6.85. The summed E-state index contributed by atoms with van der Waals surface area (Å²) < 4.78 is 0. The summed E-state index contributed by atoms with van der Waals surface area (Å²) in [5.41, 5.74) is 2.70. The number of rotatable bonds is 6. The van der Waals surface area contributed by atoms with E-state index < -0.39 is 0 Å². The molecule has 90 valence electrons. The van der Waals surface area contributed by atoms with Crippen molar-refractivity contribution in [2.75, 3.05) is 24.2 Å². The number of thiol groups is 1. The first-order valence-electron chi connectivity index (χ1n) is 6.12. The van der Waals surface area contributed by atoms with Crippen molar-refractivity contribution in [2.24, 2.45) is 5.92 Å². The van der Waals surface area contributed by atoms with Crippen LogP contribution in [-0.2, 0) is 6.42 Å². The van der Waals surface area contributed by atoms with Gasteiger partial charge in [0.2, 0.25) is 0 Å². The van der Waals surface area contributed by atoms with Crippen molar-refractivity contribution >= 4 is 18.3 Å². The Hall–Kier alpha value is -0.630. The molecule has 0 aliphatic rings. The molecule has 0 amide bonds. The van der Waals surface area contributed by atoms with Crippen molar-refractivity contribution in [1.82, 2.24) is 0 Å². The third kappa shape index (κ3) is 3.75. The quantitative estimate of drug-likeness (QED) is 0.739. The molecule has 0 aromatic heterocycles. The van der Waals surface area contributed by atoms with Gasteiger partial charge in [0.25, 0.3) is 0 Å². The van der Waals surface area contributed by atoms with Crippen LogP contribution in [0.4, 0.5) is 5.69 Å². The van der Waals surface area contributed by atoms with Gasteiger partial charge >= 0.3 is 0 Å². The van der Waals surface area contributed by atoms with Crippen LogP contribution >= 0.6 is 12.6 Å². The number of anilines is 1. The van der Waals surface area contributed by atoms with Gasteiger partial charge in [0, 0.05) is 19.3 Å². The molecule has 0 bridgehead atoms. The van der Waals surface area contributed by atoms with Crippen molar-refractivity contribution in [1.29, 1.82) is 0 Å². The molecule has 16 heavy (non-hydrogen) atoms. The van der Waals surface area contributed by atoms with Crippen molar-refractivity contribution in [3.05, 3.63) is 29.8 Å². The molecule has 1 aromatic carbocycles. The third-order valence-electron chi connectivity index (χ3n) is 3.15. The molecule has 0 saturated carbocycles. The summed E-state index contributed by atoms with van der Waals surface area (Å²) in [6.07, 6.45) is 2.30. The van der Waals surface area contributed by atoms with E-state index in [9.17, 15) is 0 Å². The van der Waals surface area contributed by atoms with E-state index in [-0.39, 0.29) is 0 Å². The summed E-state index contributed by atoms with van der Waals surface area (Å²) in [6, 6.07) is 8.86. The van der Waals surface area contributed by atoms with Gasteiger partial charge in [-0.05, 0) is 35.8 Å². The van der Waals surface area contributed by atoms with Gasteiger partial charge in [0.15, 0.2) is 0 Å². The minimum absolute atomic E-state index is 0.680. The van der Waals surface area contributed by atoms with Gasteiger partial charge in [-0.25, -0.2) is 0 Å². The number of benzene rings is 1. The van der Waals surface area contributed by atoms with E-state index in [0.717, 1.165) is 18.7 Å². The van der Waals surface area contributed by atoms with Crippen molar-refractivity contribution < 1.29 is 0 Å². The predicted molar refractivity (Wildman–Crippen MR) is 76.7 cm³/mol. The van der Waals surface area contributed by atoms with Gasteiger partial charge in [-0.1, -0.05) is 32.4 Å². The summed E-state index contributed by atoms with van der Waals surface area (Å²) in [4.78, 5) is 2.32. The highest BCUT2D eigenvalue weighted by molar-refractivity contribution is 7.80. The topological polar surface area (TPSA) is 3.24 Å². The molecule has 1 unspecified atom stereocenters. The molecule has 0 radical (unpaired) electrons. The first-order chi connectivity index (χ1) is 7.71. The van der Waals surface area contributed by atoms with Crippen LogP contribution in [0.5, 0.6) is 0 Å². The number of nitrogens with zero attached hydrogens (tertiary/aromatic N) is 1.